The molecule has 3 aliphatic rings. The molecule has 0 aromatic carbocycles. The number of nitrogens with zero attached hydrogens (tertiary/aromatic N) is 5. The molecule has 1 aliphatic carbocycles. The fourth-order valence-electron chi connectivity index (χ4n) is 4.73. The zero-order chi connectivity index (χ0) is 26.8. The largest absolute Gasteiger partial charge is 0.386 e. The van der Waals surface area contributed by atoms with E-state index in [0.717, 1.165) is 0 Å². The van der Waals surface area contributed by atoms with E-state index in [2.05, 4.69) is 37.4 Å². The number of fused-ring (bicyclic) bond motifs is 4. The molecular formula is C18H22N8O8P2S2. The van der Waals surface area contributed by atoms with Crippen LogP contribution in [0.25, 0.3) is 11.2 Å². The van der Waals surface area contributed by atoms with Crippen molar-refractivity contribution in [2.75, 3.05) is 12.3 Å². The lowest BCUT2D eigenvalue weighted by Crippen LogP contribution is -2.47. The van der Waals surface area contributed by atoms with Crippen LogP contribution in [0.4, 0.5) is 5.82 Å². The summed E-state index contributed by atoms with van der Waals surface area (Å²) in [5, 5.41) is 6.59. The van der Waals surface area contributed by atoms with E-state index in [-0.39, 0.29) is 31.0 Å². The van der Waals surface area contributed by atoms with Crippen LogP contribution in [-0.4, -0.2) is 71.5 Å². The number of aromatic nitrogens is 6. The molecule has 20 heteroatoms. The van der Waals surface area contributed by atoms with E-state index in [4.69, 9.17) is 46.1 Å². The Morgan fingerprint density at radius 1 is 1.24 bits per heavy atom. The normalized spacial score (nSPS) is 37.6. The number of nitrogens with one attached hydrogen (secondary N) is 1. The minimum absolute atomic E-state index is 0.0252. The average Bonchev–Trinajstić information content (AvgIpc) is 3.57. The van der Waals surface area contributed by atoms with Gasteiger partial charge in [-0.3, -0.25) is 23.5 Å². The van der Waals surface area contributed by atoms with Crippen molar-refractivity contribution in [2.45, 2.75) is 49.4 Å². The molecule has 6 N–H and O–H groups in total. The molecule has 5 heterocycles. The van der Waals surface area contributed by atoms with Crippen LogP contribution in [0.15, 0.2) is 18.7 Å². The second-order valence-corrected chi connectivity index (χ2v) is 14.6. The molecule has 2 saturated heterocycles. The minimum Gasteiger partial charge on any atom is -0.382 e. The number of hydrogen-bond donors (Lipinski definition) is 5. The number of carbonyl (C=O) groups is 1. The van der Waals surface area contributed by atoms with Crippen LogP contribution in [0.1, 0.15) is 41.2 Å². The number of carbonyl (C=O) groups excluding carboxylic acids is 1. The van der Waals surface area contributed by atoms with E-state index in [1.54, 1.807) is 4.57 Å². The van der Waals surface area contributed by atoms with Gasteiger partial charge in [0.2, 0.25) is 0 Å². The summed E-state index contributed by atoms with van der Waals surface area (Å²) in [6.45, 7) is -7.98. The van der Waals surface area contributed by atoms with Crippen molar-refractivity contribution in [1.82, 2.24) is 29.7 Å². The fourth-order valence-corrected chi connectivity index (χ4v) is 8.06. The molecule has 3 fully saturated rings. The maximum atomic E-state index is 13.2. The molecule has 2 aliphatic heterocycles. The molecule has 38 heavy (non-hydrogen) atoms. The summed E-state index contributed by atoms with van der Waals surface area (Å²) in [5.41, 5.74) is 12.5. The zero-order valence-electron chi connectivity index (χ0n) is 19.3. The van der Waals surface area contributed by atoms with E-state index in [9.17, 15) is 14.3 Å². The van der Waals surface area contributed by atoms with Gasteiger partial charge < -0.3 is 30.1 Å². The first kappa shape index (κ1) is 26.3. The topological polar surface area (TPSA) is 225 Å². The van der Waals surface area contributed by atoms with Gasteiger partial charge in [0.1, 0.15) is 29.7 Å². The van der Waals surface area contributed by atoms with E-state index < -0.39 is 56.0 Å². The first-order chi connectivity index (χ1) is 18.0. The molecule has 6 rings (SSSR count). The van der Waals surface area contributed by atoms with Crippen molar-refractivity contribution in [3.63, 3.8) is 0 Å². The van der Waals surface area contributed by atoms with Crippen LogP contribution in [0.3, 0.4) is 0 Å². The van der Waals surface area contributed by atoms with E-state index in [1.807, 2.05) is 0 Å². The molecule has 2 unspecified atom stereocenters. The summed E-state index contributed by atoms with van der Waals surface area (Å²) in [6, 6.07) is 1.46. The first-order valence-corrected chi connectivity index (χ1v) is 16.6. The molecule has 16 nitrogen and oxygen atoms in total. The zero-order valence-corrected chi connectivity index (χ0v) is 22.8. The van der Waals surface area contributed by atoms with Crippen molar-refractivity contribution in [1.29, 1.82) is 0 Å². The summed E-state index contributed by atoms with van der Waals surface area (Å²) < 4.78 is 43.9. The van der Waals surface area contributed by atoms with Crippen LogP contribution in [0.2, 0.25) is 0 Å². The number of primary amides is 1. The number of nitrogen functional groups attached to an aromatic ring is 1. The van der Waals surface area contributed by atoms with Crippen LogP contribution in [0.5, 0.6) is 0 Å². The number of H-pyrrole nitrogens is 1. The Morgan fingerprint density at radius 2 is 2.03 bits per heavy atom. The highest BCUT2D eigenvalue weighted by Gasteiger charge is 2.52. The predicted octanol–water partition coefficient (Wildman–Crippen LogP) is 1.15. The SMILES string of the molecule is NC(=O)c1cc([C@@H]2C[C@@H]3OP(O)(=S)O[C@@H]4C[C@@H](COP(=O)(S)O[C@H]32)O[C@H]4n2cnc3c(N)ncnc32)[nH]n1. The molecule has 3 aromatic heterocycles. The number of nitrogens with two attached hydrogens (primary N) is 2. The number of hydrogen-bond acceptors (Lipinski definition) is 13. The number of aromatic amines is 1. The molecule has 0 radical (unpaired) electrons. The fraction of sp³-hybridized carbons (Fsp3) is 0.500. The minimum atomic E-state index is -3.94. The van der Waals surface area contributed by atoms with Gasteiger partial charge in [0.25, 0.3) is 5.91 Å². The van der Waals surface area contributed by atoms with Crippen molar-refractivity contribution < 1.29 is 37.1 Å². The Kier molecular flexibility index (Phi) is 6.62. The Labute approximate surface area is 224 Å². The molecule has 204 valence electrons. The van der Waals surface area contributed by atoms with Crippen molar-refractivity contribution in [2.24, 2.45) is 5.73 Å². The van der Waals surface area contributed by atoms with Crippen LogP contribution in [-0.2, 0) is 39.2 Å². The van der Waals surface area contributed by atoms with Gasteiger partial charge in [0, 0.05) is 18.0 Å². The summed E-state index contributed by atoms with van der Waals surface area (Å²) in [5.74, 6) is -0.984. The number of amides is 1. The van der Waals surface area contributed by atoms with E-state index in [0.29, 0.717) is 16.9 Å². The first-order valence-electron chi connectivity index (χ1n) is 11.3. The lowest BCUT2D eigenvalue weighted by Gasteiger charge is -2.44. The third-order valence-electron chi connectivity index (χ3n) is 6.52. The average molecular weight is 605 g/mol. The van der Waals surface area contributed by atoms with Crippen molar-refractivity contribution in [3.05, 3.63) is 30.1 Å². The third-order valence-corrected chi connectivity index (χ3v) is 9.73. The highest BCUT2D eigenvalue weighted by Crippen LogP contribution is 2.62. The maximum absolute atomic E-state index is 13.2. The van der Waals surface area contributed by atoms with Gasteiger partial charge in [0.15, 0.2) is 17.7 Å². The molecule has 1 amide bonds. The van der Waals surface area contributed by atoms with Gasteiger partial charge in [-0.15, -0.1) is 0 Å². The van der Waals surface area contributed by atoms with Gasteiger partial charge >= 0.3 is 13.5 Å². The summed E-state index contributed by atoms with van der Waals surface area (Å²) in [4.78, 5) is 34.9. The van der Waals surface area contributed by atoms with Gasteiger partial charge in [-0.05, 0) is 24.3 Å². The number of imidazole rings is 1. The molecule has 3 aromatic rings. The second kappa shape index (κ2) is 9.59. The summed E-state index contributed by atoms with van der Waals surface area (Å²) in [6.07, 6.45) is -0.781. The quantitative estimate of drug-likeness (QED) is 0.209. The van der Waals surface area contributed by atoms with E-state index in [1.165, 1.54) is 18.7 Å². The molecule has 0 spiro atoms. The van der Waals surface area contributed by atoms with E-state index >= 15 is 0 Å². The monoisotopic (exact) mass is 604 g/mol. The maximum Gasteiger partial charge on any atom is 0.386 e. The number of ether oxygens (including phenoxy) is 1. The lowest BCUT2D eigenvalue weighted by atomic mass is 9.77. The van der Waals surface area contributed by atoms with Crippen LogP contribution >= 0.6 is 25.8 Å². The molecule has 1 saturated carbocycles. The standard InChI is InChI=1S/C18H22N8O8P2S2/c19-15-13-17(22-5-21-15)26(6-23-13)18-12-1-7(31-18)4-30-35(28,37)34-14-8(2-11(14)32-36(29,38)33-12)9-3-10(16(20)27)25-24-9/h3,5-8,11-12,14,18H,1-2,4H2,(H2,20,27)(H,24,25)(H,28,37)(H,29,38)(H2,19,21,22)/t7-,8-,11-,12+,14-,18+,35?,36?/m0/s1. The third kappa shape index (κ3) is 4.90. The van der Waals surface area contributed by atoms with Gasteiger partial charge in [0.05, 0.1) is 25.1 Å². The van der Waals surface area contributed by atoms with Crippen molar-refractivity contribution in [3.8, 4) is 0 Å². The Hall–Kier alpha value is -1.98. The number of thiol groups is 1. The Bertz CT molecular complexity index is 1500. The molecule has 2 bridgehead atoms. The Balaban J connectivity index is 1.29. The number of anilines is 1. The van der Waals surface area contributed by atoms with Gasteiger partial charge in [-0.1, -0.05) is 12.2 Å². The predicted molar refractivity (Wildman–Crippen MR) is 136 cm³/mol. The van der Waals surface area contributed by atoms with Crippen LogP contribution in [0, 0.1) is 0 Å². The van der Waals surface area contributed by atoms with Crippen molar-refractivity contribution >= 4 is 60.5 Å². The van der Waals surface area contributed by atoms with Gasteiger partial charge in [-0.25, -0.2) is 19.5 Å². The molecule has 8 atom stereocenters. The summed E-state index contributed by atoms with van der Waals surface area (Å²) >= 11 is 9.47. The smallest absolute Gasteiger partial charge is 0.382 e. The Morgan fingerprint density at radius 3 is 2.79 bits per heavy atom. The second-order valence-electron chi connectivity index (χ2n) is 8.97. The highest BCUT2D eigenvalue weighted by molar-refractivity contribution is 8.44. The number of rotatable bonds is 3. The summed E-state index contributed by atoms with van der Waals surface area (Å²) in [7, 11) is 0. The van der Waals surface area contributed by atoms with Gasteiger partial charge in [-0.2, -0.15) is 5.10 Å². The van der Waals surface area contributed by atoms with Crippen LogP contribution < -0.4 is 11.5 Å². The molecular weight excluding hydrogens is 582 g/mol. The highest BCUT2D eigenvalue weighted by atomic mass is 32.7. The lowest BCUT2D eigenvalue weighted by molar-refractivity contribution is -0.0600.